The monoisotopic (exact) mass is 350 g/mol. The number of hydrogen-bond donors (Lipinski definition) is 0. The molecule has 1 aromatic carbocycles. The predicted octanol–water partition coefficient (Wildman–Crippen LogP) is 3.55. The van der Waals surface area contributed by atoms with Gasteiger partial charge in [-0.1, -0.05) is 22.0 Å². The summed E-state index contributed by atoms with van der Waals surface area (Å²) in [5, 5.41) is 19.8. The van der Waals surface area contributed by atoms with Crippen LogP contribution in [0.3, 0.4) is 0 Å². The maximum absolute atomic E-state index is 11.1. The van der Waals surface area contributed by atoms with Gasteiger partial charge in [-0.15, -0.1) is 10.2 Å². The highest BCUT2D eigenvalue weighted by Crippen LogP contribution is 2.35. The van der Waals surface area contributed by atoms with Gasteiger partial charge in [0.1, 0.15) is 0 Å². The van der Waals surface area contributed by atoms with Crippen LogP contribution < -0.4 is 0 Å². The molecule has 0 atom stereocenters. The Morgan fingerprint density at radius 3 is 2.90 bits per heavy atom. The summed E-state index contributed by atoms with van der Waals surface area (Å²) in [7, 11) is 0. The van der Waals surface area contributed by atoms with Crippen molar-refractivity contribution in [1.29, 1.82) is 0 Å². The SMILES string of the molecule is O=[N+]([O-])c1cc(Br)ccc1Sc1nnc2ccccn12. The zero-order valence-electron chi connectivity index (χ0n) is 9.93. The second kappa shape index (κ2) is 5.22. The predicted molar refractivity (Wildman–Crippen MR) is 77.9 cm³/mol. The van der Waals surface area contributed by atoms with Gasteiger partial charge in [0.25, 0.3) is 5.69 Å². The average molecular weight is 351 g/mol. The molecule has 0 saturated carbocycles. The lowest BCUT2D eigenvalue weighted by atomic mass is 10.3. The van der Waals surface area contributed by atoms with Crippen molar-refractivity contribution in [2.75, 3.05) is 0 Å². The van der Waals surface area contributed by atoms with Crippen LogP contribution in [0.25, 0.3) is 5.65 Å². The van der Waals surface area contributed by atoms with Crippen LogP contribution in [0.5, 0.6) is 0 Å². The van der Waals surface area contributed by atoms with Crippen LogP contribution >= 0.6 is 27.7 Å². The fourth-order valence-electron chi connectivity index (χ4n) is 1.71. The molecule has 3 rings (SSSR count). The van der Waals surface area contributed by atoms with Crippen LogP contribution in [0.15, 0.2) is 57.1 Å². The summed E-state index contributed by atoms with van der Waals surface area (Å²) >= 11 is 4.45. The zero-order valence-corrected chi connectivity index (χ0v) is 12.3. The van der Waals surface area contributed by atoms with E-state index in [-0.39, 0.29) is 5.69 Å². The summed E-state index contributed by atoms with van der Waals surface area (Å²) in [6.45, 7) is 0. The average Bonchev–Trinajstić information content (AvgIpc) is 2.84. The number of fused-ring (bicyclic) bond motifs is 1. The summed E-state index contributed by atoms with van der Waals surface area (Å²) in [5.41, 5.74) is 0.742. The van der Waals surface area contributed by atoms with Gasteiger partial charge in [0.05, 0.1) is 9.82 Å². The van der Waals surface area contributed by atoms with Crippen molar-refractivity contribution >= 4 is 39.0 Å². The molecule has 0 saturated heterocycles. The number of pyridine rings is 1. The first-order valence-electron chi connectivity index (χ1n) is 5.57. The van der Waals surface area contributed by atoms with Gasteiger partial charge < -0.3 is 0 Å². The summed E-state index contributed by atoms with van der Waals surface area (Å²) in [5.74, 6) is 0. The zero-order chi connectivity index (χ0) is 14.1. The third-order valence-electron chi connectivity index (χ3n) is 2.60. The number of aromatic nitrogens is 3. The van der Waals surface area contributed by atoms with E-state index in [9.17, 15) is 10.1 Å². The molecule has 20 heavy (non-hydrogen) atoms. The molecule has 3 aromatic rings. The van der Waals surface area contributed by atoms with Crippen molar-refractivity contribution in [2.45, 2.75) is 10.1 Å². The molecular weight excluding hydrogens is 344 g/mol. The topological polar surface area (TPSA) is 73.3 Å². The molecule has 0 aliphatic carbocycles. The Bertz CT molecular complexity index is 805. The van der Waals surface area contributed by atoms with Crippen molar-refractivity contribution in [3.8, 4) is 0 Å². The lowest BCUT2D eigenvalue weighted by molar-refractivity contribution is -0.387. The largest absolute Gasteiger partial charge is 0.284 e. The normalized spacial score (nSPS) is 10.8. The fraction of sp³-hybridized carbons (Fsp3) is 0. The molecule has 2 aromatic heterocycles. The van der Waals surface area contributed by atoms with Crippen molar-refractivity contribution in [3.05, 3.63) is 57.2 Å². The maximum atomic E-state index is 11.1. The lowest BCUT2D eigenvalue weighted by Crippen LogP contribution is -1.92. The molecule has 0 spiro atoms. The van der Waals surface area contributed by atoms with Crippen LogP contribution in [0.2, 0.25) is 0 Å². The van der Waals surface area contributed by atoms with E-state index < -0.39 is 4.92 Å². The van der Waals surface area contributed by atoms with E-state index in [2.05, 4.69) is 26.1 Å². The second-order valence-electron chi connectivity index (χ2n) is 3.88. The summed E-state index contributed by atoms with van der Waals surface area (Å²) in [6.07, 6.45) is 1.82. The first-order chi connectivity index (χ1) is 9.65. The number of nitro benzene ring substituents is 1. The van der Waals surface area contributed by atoms with Gasteiger partial charge in [-0.05, 0) is 36.0 Å². The smallest absolute Gasteiger partial charge is 0.277 e. The third-order valence-corrected chi connectivity index (χ3v) is 4.12. The lowest BCUT2D eigenvalue weighted by Gasteiger charge is -2.02. The quantitative estimate of drug-likeness (QED) is 0.533. The third kappa shape index (κ3) is 2.39. The van der Waals surface area contributed by atoms with Crippen LogP contribution in [0.4, 0.5) is 5.69 Å². The van der Waals surface area contributed by atoms with Crippen LogP contribution in [-0.4, -0.2) is 19.5 Å². The summed E-state index contributed by atoms with van der Waals surface area (Å²) < 4.78 is 2.45. The molecule has 0 amide bonds. The minimum Gasteiger partial charge on any atom is -0.277 e. The first-order valence-corrected chi connectivity index (χ1v) is 7.17. The van der Waals surface area contributed by atoms with E-state index >= 15 is 0 Å². The number of benzene rings is 1. The Balaban J connectivity index is 2.05. The van der Waals surface area contributed by atoms with Gasteiger partial charge in [-0.25, -0.2) is 0 Å². The second-order valence-corrected chi connectivity index (χ2v) is 5.81. The molecule has 0 bridgehead atoms. The van der Waals surface area contributed by atoms with Crippen molar-refractivity contribution in [2.24, 2.45) is 0 Å². The van der Waals surface area contributed by atoms with E-state index in [1.54, 1.807) is 16.5 Å². The molecule has 0 aliphatic heterocycles. The highest BCUT2D eigenvalue weighted by molar-refractivity contribution is 9.10. The van der Waals surface area contributed by atoms with Gasteiger partial charge in [0, 0.05) is 16.7 Å². The van der Waals surface area contributed by atoms with Gasteiger partial charge in [0.15, 0.2) is 5.65 Å². The molecule has 2 heterocycles. The molecule has 0 N–H and O–H groups in total. The van der Waals surface area contributed by atoms with Crippen LogP contribution in [0.1, 0.15) is 0 Å². The molecule has 0 radical (unpaired) electrons. The molecule has 0 fully saturated rings. The van der Waals surface area contributed by atoms with Gasteiger partial charge in [0.2, 0.25) is 5.16 Å². The molecular formula is C12H7BrN4O2S. The Morgan fingerprint density at radius 1 is 1.25 bits per heavy atom. The van der Waals surface area contributed by atoms with Crippen LogP contribution in [-0.2, 0) is 0 Å². The van der Waals surface area contributed by atoms with Crippen molar-refractivity contribution < 1.29 is 4.92 Å². The minimum atomic E-state index is -0.406. The van der Waals surface area contributed by atoms with Crippen LogP contribution in [0, 0.1) is 10.1 Å². The highest BCUT2D eigenvalue weighted by atomic mass is 79.9. The fourth-order valence-corrected chi connectivity index (χ4v) is 2.96. The van der Waals surface area contributed by atoms with E-state index in [4.69, 9.17) is 0 Å². The van der Waals surface area contributed by atoms with Crippen molar-refractivity contribution in [3.63, 3.8) is 0 Å². The highest BCUT2D eigenvalue weighted by Gasteiger charge is 2.17. The molecule has 0 unspecified atom stereocenters. The Morgan fingerprint density at radius 2 is 2.10 bits per heavy atom. The summed E-state index contributed by atoms with van der Waals surface area (Å²) in [4.78, 5) is 11.2. The van der Waals surface area contributed by atoms with Gasteiger partial charge >= 0.3 is 0 Å². The molecule has 8 heteroatoms. The molecule has 0 aliphatic rings. The summed E-state index contributed by atoms with van der Waals surface area (Å²) in [6, 6.07) is 10.5. The van der Waals surface area contributed by atoms with E-state index in [0.29, 0.717) is 20.2 Å². The van der Waals surface area contributed by atoms with E-state index in [1.165, 1.54) is 17.8 Å². The van der Waals surface area contributed by atoms with E-state index in [1.807, 2.05) is 24.4 Å². The number of halogens is 1. The Kier molecular flexibility index (Phi) is 3.41. The number of nitrogens with zero attached hydrogens (tertiary/aromatic N) is 4. The Labute approximate surface area is 126 Å². The standard InChI is InChI=1S/C12H7BrN4O2S/c13-8-4-5-10(9(7-8)17(18)19)20-12-15-14-11-3-1-2-6-16(11)12/h1-7H. The molecule has 6 nitrogen and oxygen atoms in total. The van der Waals surface area contributed by atoms with Gasteiger partial charge in [-0.2, -0.15) is 0 Å². The Hall–Kier alpha value is -1.93. The first kappa shape index (κ1) is 13.1. The number of nitro groups is 1. The number of rotatable bonds is 3. The van der Waals surface area contributed by atoms with Crippen molar-refractivity contribution in [1.82, 2.24) is 14.6 Å². The maximum Gasteiger partial charge on any atom is 0.284 e. The molecule has 100 valence electrons. The van der Waals surface area contributed by atoms with E-state index in [0.717, 1.165) is 0 Å². The van der Waals surface area contributed by atoms with Gasteiger partial charge in [-0.3, -0.25) is 14.5 Å². The minimum absolute atomic E-state index is 0.0389. The number of hydrogen-bond acceptors (Lipinski definition) is 5.